The molecule has 1 aromatic heterocycles. The number of carboxylic acids is 3. The molecule has 0 aliphatic carbocycles. The summed E-state index contributed by atoms with van der Waals surface area (Å²) >= 11 is 0. The molecule has 1 rings (SSSR count). The second-order valence-electron chi connectivity index (χ2n) is 6.79. The number of aliphatic hydroxyl groups is 1. The molecule has 0 radical (unpaired) electrons. The van der Waals surface area contributed by atoms with Crippen molar-refractivity contribution in [2.24, 2.45) is 5.73 Å². The van der Waals surface area contributed by atoms with Gasteiger partial charge in [0.25, 0.3) is 0 Å². The molecule has 10 N–H and O–H groups in total. The van der Waals surface area contributed by atoms with Gasteiger partial charge in [-0.2, -0.15) is 0 Å². The Morgan fingerprint density at radius 1 is 0.879 bits per heavy atom. The fourth-order valence-electron chi connectivity index (χ4n) is 2.49. The molecule has 0 saturated carbocycles. The van der Waals surface area contributed by atoms with E-state index >= 15 is 0 Å². The van der Waals surface area contributed by atoms with Crippen molar-refractivity contribution >= 4 is 35.6 Å². The van der Waals surface area contributed by atoms with Gasteiger partial charge in [0.2, 0.25) is 17.7 Å². The van der Waals surface area contributed by atoms with E-state index < -0.39 is 79.2 Å². The highest BCUT2D eigenvalue weighted by Crippen LogP contribution is 2.03. The average molecular weight is 472 g/mol. The Morgan fingerprint density at radius 2 is 1.36 bits per heavy atom. The third kappa shape index (κ3) is 9.32. The van der Waals surface area contributed by atoms with Gasteiger partial charge in [-0.3, -0.25) is 24.0 Å². The molecule has 182 valence electrons. The summed E-state index contributed by atoms with van der Waals surface area (Å²) in [6, 6.07) is -6.55. The molecule has 33 heavy (non-hydrogen) atoms. The van der Waals surface area contributed by atoms with Crippen molar-refractivity contribution in [3.8, 4) is 0 Å². The minimum absolute atomic E-state index is 0.231. The third-order valence-corrected chi connectivity index (χ3v) is 4.15. The minimum Gasteiger partial charge on any atom is -0.481 e. The average Bonchev–Trinajstić information content (AvgIpc) is 3.23. The SMILES string of the molecule is NC(CO)C(=O)NC(CC(=O)O)C(=O)NC(CC(=O)O)C(=O)NC(Cc1cnc[nH]1)C(=O)O. The number of H-pyrrole nitrogens is 1. The summed E-state index contributed by atoms with van der Waals surface area (Å²) in [5, 5.41) is 42.3. The standard InChI is InChI=1S/C17H24N6O10/c18-8(5-24)14(29)21-9(2-12(25)26)15(30)22-10(3-13(27)28)16(31)23-11(17(32)33)1-7-4-19-6-20-7/h4,6,8-11,24H,1-3,5,18H2,(H,19,20)(H,21,29)(H,22,30)(H,23,31)(H,25,26)(H,27,28)(H,32,33). The van der Waals surface area contributed by atoms with Crippen molar-refractivity contribution < 1.29 is 49.2 Å². The molecule has 16 heteroatoms. The van der Waals surface area contributed by atoms with Gasteiger partial charge in [0, 0.05) is 18.3 Å². The first kappa shape index (κ1) is 27.0. The number of carboxylic acid groups (broad SMARTS) is 3. The van der Waals surface area contributed by atoms with Gasteiger partial charge in [-0.1, -0.05) is 0 Å². The highest BCUT2D eigenvalue weighted by molar-refractivity contribution is 5.96. The monoisotopic (exact) mass is 472 g/mol. The molecule has 3 amide bonds. The molecule has 4 atom stereocenters. The van der Waals surface area contributed by atoms with Crippen LogP contribution >= 0.6 is 0 Å². The molecule has 1 aromatic rings. The van der Waals surface area contributed by atoms with E-state index in [2.05, 4.69) is 15.3 Å². The number of imidazole rings is 1. The number of rotatable bonds is 14. The normalized spacial score (nSPS) is 14.2. The van der Waals surface area contributed by atoms with Crippen LogP contribution in [-0.4, -0.2) is 96.8 Å². The number of aliphatic hydroxyl groups excluding tert-OH is 1. The molecule has 0 fully saturated rings. The Morgan fingerprint density at radius 3 is 1.76 bits per heavy atom. The third-order valence-electron chi connectivity index (χ3n) is 4.15. The van der Waals surface area contributed by atoms with Crippen LogP contribution in [0.1, 0.15) is 18.5 Å². The number of nitrogens with one attached hydrogen (secondary N) is 4. The minimum atomic E-state index is -1.81. The first-order chi connectivity index (χ1) is 15.4. The van der Waals surface area contributed by atoms with E-state index in [-0.39, 0.29) is 6.42 Å². The van der Waals surface area contributed by atoms with E-state index in [9.17, 15) is 33.9 Å². The van der Waals surface area contributed by atoms with Crippen LogP contribution < -0.4 is 21.7 Å². The number of carbonyl (C=O) groups is 6. The number of amides is 3. The Hall–Kier alpha value is -4.05. The molecule has 0 aromatic carbocycles. The molecule has 0 spiro atoms. The van der Waals surface area contributed by atoms with Gasteiger partial charge in [-0.05, 0) is 0 Å². The van der Waals surface area contributed by atoms with Crippen molar-refractivity contribution in [2.75, 3.05) is 6.61 Å². The van der Waals surface area contributed by atoms with Crippen LogP contribution in [0.3, 0.4) is 0 Å². The fraction of sp³-hybridized carbons (Fsp3) is 0.471. The van der Waals surface area contributed by atoms with E-state index in [0.29, 0.717) is 5.69 Å². The van der Waals surface area contributed by atoms with Crippen LogP contribution in [0.2, 0.25) is 0 Å². The summed E-state index contributed by atoms with van der Waals surface area (Å²) in [6.45, 7) is -0.801. The van der Waals surface area contributed by atoms with Crippen LogP contribution in [-0.2, 0) is 35.2 Å². The fourth-order valence-corrected chi connectivity index (χ4v) is 2.49. The number of hydrogen-bond acceptors (Lipinski definition) is 9. The van der Waals surface area contributed by atoms with Crippen molar-refractivity contribution in [3.63, 3.8) is 0 Å². The number of aromatic nitrogens is 2. The Kier molecular flexibility index (Phi) is 10.4. The van der Waals surface area contributed by atoms with E-state index in [1.165, 1.54) is 12.5 Å². The lowest BCUT2D eigenvalue weighted by atomic mass is 10.1. The highest BCUT2D eigenvalue weighted by Gasteiger charge is 2.32. The summed E-state index contributed by atoms with van der Waals surface area (Å²) in [7, 11) is 0. The van der Waals surface area contributed by atoms with Gasteiger partial charge < -0.3 is 47.1 Å². The largest absolute Gasteiger partial charge is 0.481 e. The topological polar surface area (TPSA) is 274 Å². The number of nitrogens with zero attached hydrogens (tertiary/aromatic N) is 1. The van der Waals surface area contributed by atoms with Gasteiger partial charge in [0.1, 0.15) is 24.2 Å². The van der Waals surface area contributed by atoms with Crippen molar-refractivity contribution in [3.05, 3.63) is 18.2 Å². The number of aliphatic carboxylic acids is 3. The maximum Gasteiger partial charge on any atom is 0.326 e. The summed E-state index contributed by atoms with van der Waals surface area (Å²) in [5.41, 5.74) is 5.66. The van der Waals surface area contributed by atoms with E-state index in [0.717, 1.165) is 0 Å². The molecular weight excluding hydrogens is 448 g/mol. The summed E-state index contributed by atoms with van der Waals surface area (Å²) in [6.07, 6.45) is 0.441. The number of nitrogens with two attached hydrogens (primary N) is 1. The number of carbonyl (C=O) groups excluding carboxylic acids is 3. The van der Waals surface area contributed by atoms with Crippen LogP contribution in [0, 0.1) is 0 Å². The number of aromatic amines is 1. The molecule has 1 heterocycles. The van der Waals surface area contributed by atoms with Crippen molar-refractivity contribution in [1.29, 1.82) is 0 Å². The second-order valence-corrected chi connectivity index (χ2v) is 6.79. The predicted octanol–water partition coefficient (Wildman–Crippen LogP) is -4.24. The van der Waals surface area contributed by atoms with Crippen molar-refractivity contribution in [2.45, 2.75) is 43.4 Å². The van der Waals surface area contributed by atoms with E-state index in [1.54, 1.807) is 0 Å². The predicted molar refractivity (Wildman–Crippen MR) is 105 cm³/mol. The Balaban J connectivity index is 2.99. The summed E-state index contributed by atoms with van der Waals surface area (Å²) in [4.78, 5) is 76.9. The van der Waals surface area contributed by atoms with Gasteiger partial charge in [-0.25, -0.2) is 9.78 Å². The maximum absolute atomic E-state index is 12.5. The zero-order chi connectivity index (χ0) is 25.1. The Bertz CT molecular complexity index is 874. The van der Waals surface area contributed by atoms with Gasteiger partial charge in [0.15, 0.2) is 0 Å². The highest BCUT2D eigenvalue weighted by atomic mass is 16.4. The lowest BCUT2D eigenvalue weighted by Crippen LogP contribution is -2.58. The maximum atomic E-state index is 12.5. The lowest BCUT2D eigenvalue weighted by molar-refractivity contribution is -0.145. The van der Waals surface area contributed by atoms with Crippen LogP contribution in [0.4, 0.5) is 0 Å². The molecule has 0 aliphatic rings. The van der Waals surface area contributed by atoms with E-state index in [4.69, 9.17) is 21.1 Å². The van der Waals surface area contributed by atoms with E-state index in [1.807, 2.05) is 10.6 Å². The van der Waals surface area contributed by atoms with Crippen molar-refractivity contribution in [1.82, 2.24) is 25.9 Å². The van der Waals surface area contributed by atoms with Crippen LogP contribution in [0.5, 0.6) is 0 Å². The second kappa shape index (κ2) is 12.7. The van der Waals surface area contributed by atoms with Crippen LogP contribution in [0.25, 0.3) is 0 Å². The van der Waals surface area contributed by atoms with Gasteiger partial charge in [0.05, 0.1) is 25.8 Å². The zero-order valence-electron chi connectivity index (χ0n) is 17.1. The van der Waals surface area contributed by atoms with Crippen LogP contribution in [0.15, 0.2) is 12.5 Å². The van der Waals surface area contributed by atoms with Gasteiger partial charge >= 0.3 is 17.9 Å². The molecule has 4 unspecified atom stereocenters. The molecule has 16 nitrogen and oxygen atoms in total. The molecule has 0 saturated heterocycles. The quantitative estimate of drug-likeness (QED) is 0.124. The molecule has 0 aliphatic heterocycles. The Labute approximate surface area is 185 Å². The smallest absolute Gasteiger partial charge is 0.326 e. The lowest BCUT2D eigenvalue weighted by Gasteiger charge is -2.23. The molecule has 0 bridgehead atoms. The summed E-state index contributed by atoms with van der Waals surface area (Å²) < 4.78 is 0. The summed E-state index contributed by atoms with van der Waals surface area (Å²) in [5.74, 6) is -7.98. The molecular formula is C17H24N6O10. The first-order valence-corrected chi connectivity index (χ1v) is 9.35. The van der Waals surface area contributed by atoms with Gasteiger partial charge in [-0.15, -0.1) is 0 Å². The zero-order valence-corrected chi connectivity index (χ0v) is 17.1. The number of hydrogen-bond donors (Lipinski definition) is 9. The first-order valence-electron chi connectivity index (χ1n) is 9.35.